The van der Waals surface area contributed by atoms with Crippen LogP contribution in [-0.4, -0.2) is 23.5 Å². The summed E-state index contributed by atoms with van der Waals surface area (Å²) in [5.74, 6) is 0. The molecule has 108 valence electrons. The first-order valence-electron chi connectivity index (χ1n) is 6.76. The van der Waals surface area contributed by atoms with Crippen LogP contribution in [0.25, 0.3) is 11.3 Å². The average Bonchev–Trinajstić information content (AvgIpc) is 2.78. The number of aromatic amines is 1. The van der Waals surface area contributed by atoms with Gasteiger partial charge in [-0.1, -0.05) is 48.4 Å². The van der Waals surface area contributed by atoms with E-state index < -0.39 is 0 Å². The normalized spacial score (nSPS) is 11.2. The van der Waals surface area contributed by atoms with Gasteiger partial charge in [-0.3, -0.25) is 4.79 Å². The number of nitrogens with one attached hydrogen (secondary N) is 1. The largest absolute Gasteiger partial charge is 0.312 e. The maximum absolute atomic E-state index is 11.7. The molecule has 1 N–H and O–H groups in total. The molecule has 2 rings (SSSR count). The zero-order valence-corrected chi connectivity index (χ0v) is 13.4. The third kappa shape index (κ3) is 3.95. The molecule has 2 aromatic rings. The van der Waals surface area contributed by atoms with Gasteiger partial charge >= 0.3 is 4.87 Å². The molecule has 0 aliphatic carbocycles. The van der Waals surface area contributed by atoms with Crippen molar-refractivity contribution in [2.24, 2.45) is 0 Å². The van der Waals surface area contributed by atoms with Gasteiger partial charge in [-0.15, -0.1) is 0 Å². The van der Waals surface area contributed by atoms with Crippen molar-refractivity contribution in [2.45, 2.75) is 26.3 Å². The van der Waals surface area contributed by atoms with Crippen LogP contribution in [0, 0.1) is 0 Å². The van der Waals surface area contributed by atoms with E-state index >= 15 is 0 Å². The van der Waals surface area contributed by atoms with Gasteiger partial charge in [0.25, 0.3) is 0 Å². The minimum absolute atomic E-state index is 0.00570. The number of hydrogen-bond acceptors (Lipinski definition) is 3. The fraction of sp³-hybridized carbons (Fsp3) is 0.400. The van der Waals surface area contributed by atoms with Gasteiger partial charge in [0, 0.05) is 16.4 Å². The number of aromatic nitrogens is 1. The molecule has 0 saturated carbocycles. The van der Waals surface area contributed by atoms with Crippen LogP contribution in [0.1, 0.15) is 24.6 Å². The van der Waals surface area contributed by atoms with Gasteiger partial charge < -0.3 is 9.88 Å². The summed E-state index contributed by atoms with van der Waals surface area (Å²) in [6.07, 6.45) is 2.35. The lowest BCUT2D eigenvalue weighted by molar-refractivity contribution is 0.324. The van der Waals surface area contributed by atoms with Crippen molar-refractivity contribution in [3.63, 3.8) is 0 Å². The number of halogens is 1. The molecule has 1 aromatic heterocycles. The maximum atomic E-state index is 11.7. The van der Waals surface area contributed by atoms with E-state index in [1.54, 1.807) is 0 Å². The van der Waals surface area contributed by atoms with Crippen LogP contribution in [-0.2, 0) is 6.54 Å². The first kappa shape index (κ1) is 15.3. The second-order valence-corrected chi connectivity index (χ2v) is 6.42. The van der Waals surface area contributed by atoms with E-state index in [0.717, 1.165) is 29.2 Å². The smallest absolute Gasteiger partial charge is 0.305 e. The molecular formula is C15H19ClN2OS. The Kier molecular flexibility index (Phi) is 5.40. The van der Waals surface area contributed by atoms with Gasteiger partial charge in [0.05, 0.1) is 5.69 Å². The summed E-state index contributed by atoms with van der Waals surface area (Å²) in [7, 11) is 2.09. The standard InChI is InChI=1S/C15H19ClN2OS/c1-3-4-9-18(2)10-13-14(17-15(19)20-13)11-5-7-12(16)8-6-11/h5-8H,3-4,9-10H2,1-2H3,(H,17,19). The molecule has 0 fully saturated rings. The zero-order valence-electron chi connectivity index (χ0n) is 11.8. The lowest BCUT2D eigenvalue weighted by Gasteiger charge is -2.15. The van der Waals surface area contributed by atoms with E-state index in [1.165, 1.54) is 24.2 Å². The molecule has 5 heteroatoms. The molecule has 20 heavy (non-hydrogen) atoms. The highest BCUT2D eigenvalue weighted by Crippen LogP contribution is 2.25. The van der Waals surface area contributed by atoms with Crippen LogP contribution in [0.5, 0.6) is 0 Å². The van der Waals surface area contributed by atoms with Crippen LogP contribution in [0.3, 0.4) is 0 Å². The molecule has 1 aromatic carbocycles. The maximum Gasteiger partial charge on any atom is 0.305 e. The highest BCUT2D eigenvalue weighted by atomic mass is 35.5. The summed E-state index contributed by atoms with van der Waals surface area (Å²) < 4.78 is 0. The van der Waals surface area contributed by atoms with Crippen molar-refractivity contribution in [1.82, 2.24) is 9.88 Å². The minimum atomic E-state index is -0.00570. The Morgan fingerprint density at radius 1 is 1.30 bits per heavy atom. The fourth-order valence-corrected chi connectivity index (χ4v) is 3.13. The number of nitrogens with zero attached hydrogens (tertiary/aromatic N) is 1. The van der Waals surface area contributed by atoms with Gasteiger partial charge in [0.15, 0.2) is 0 Å². The highest BCUT2D eigenvalue weighted by Gasteiger charge is 2.12. The summed E-state index contributed by atoms with van der Waals surface area (Å²) in [5.41, 5.74) is 1.92. The molecule has 0 amide bonds. The minimum Gasteiger partial charge on any atom is -0.312 e. The van der Waals surface area contributed by atoms with E-state index in [4.69, 9.17) is 11.6 Å². The number of hydrogen-bond donors (Lipinski definition) is 1. The molecule has 0 aliphatic heterocycles. The molecule has 0 saturated heterocycles. The number of rotatable bonds is 6. The second kappa shape index (κ2) is 7.07. The van der Waals surface area contributed by atoms with Crippen molar-refractivity contribution in [3.8, 4) is 11.3 Å². The molecule has 0 bridgehead atoms. The Bertz CT molecular complexity index is 603. The molecule has 0 radical (unpaired) electrons. The first-order valence-corrected chi connectivity index (χ1v) is 7.96. The molecule has 1 heterocycles. The number of benzene rings is 1. The van der Waals surface area contributed by atoms with Gasteiger partial charge in [-0.05, 0) is 37.7 Å². The summed E-state index contributed by atoms with van der Waals surface area (Å²) in [4.78, 5) is 17.9. The molecule has 0 spiro atoms. The van der Waals surface area contributed by atoms with Crippen LogP contribution < -0.4 is 4.87 Å². The van der Waals surface area contributed by atoms with Gasteiger partial charge in [-0.2, -0.15) is 0 Å². The number of unbranched alkanes of at least 4 members (excludes halogenated alkanes) is 1. The zero-order chi connectivity index (χ0) is 14.5. The summed E-state index contributed by atoms with van der Waals surface area (Å²) in [6, 6.07) is 7.57. The Morgan fingerprint density at radius 3 is 2.65 bits per heavy atom. The molecule has 0 aliphatic rings. The summed E-state index contributed by atoms with van der Waals surface area (Å²) in [5, 5.41) is 0.702. The quantitative estimate of drug-likeness (QED) is 0.875. The van der Waals surface area contributed by atoms with Gasteiger partial charge in [0.1, 0.15) is 0 Å². The van der Waals surface area contributed by atoms with E-state index in [2.05, 4.69) is 23.9 Å². The highest BCUT2D eigenvalue weighted by molar-refractivity contribution is 7.09. The Morgan fingerprint density at radius 2 is 2.00 bits per heavy atom. The van der Waals surface area contributed by atoms with E-state index in [9.17, 15) is 4.79 Å². The van der Waals surface area contributed by atoms with Gasteiger partial charge in [0.2, 0.25) is 0 Å². The van der Waals surface area contributed by atoms with Crippen LogP contribution in [0.2, 0.25) is 5.02 Å². The van der Waals surface area contributed by atoms with Crippen molar-refractivity contribution in [1.29, 1.82) is 0 Å². The van der Waals surface area contributed by atoms with Gasteiger partial charge in [-0.25, -0.2) is 0 Å². The Labute approximate surface area is 128 Å². The van der Waals surface area contributed by atoms with E-state index in [0.29, 0.717) is 5.02 Å². The first-order chi connectivity index (χ1) is 9.60. The fourth-order valence-electron chi connectivity index (χ4n) is 2.07. The third-order valence-electron chi connectivity index (χ3n) is 3.16. The van der Waals surface area contributed by atoms with Crippen LogP contribution >= 0.6 is 22.9 Å². The lowest BCUT2D eigenvalue weighted by atomic mass is 10.1. The summed E-state index contributed by atoms with van der Waals surface area (Å²) >= 11 is 7.20. The van der Waals surface area contributed by atoms with E-state index in [1.807, 2.05) is 24.3 Å². The lowest BCUT2D eigenvalue weighted by Crippen LogP contribution is -2.18. The Hall–Kier alpha value is -1.10. The van der Waals surface area contributed by atoms with Crippen molar-refractivity contribution in [3.05, 3.63) is 43.8 Å². The average molecular weight is 311 g/mol. The van der Waals surface area contributed by atoms with Crippen molar-refractivity contribution < 1.29 is 0 Å². The second-order valence-electron chi connectivity index (χ2n) is 4.91. The molecular weight excluding hydrogens is 292 g/mol. The molecule has 0 atom stereocenters. The van der Waals surface area contributed by atoms with Crippen LogP contribution in [0.4, 0.5) is 0 Å². The van der Waals surface area contributed by atoms with Crippen molar-refractivity contribution in [2.75, 3.05) is 13.6 Å². The summed E-state index contributed by atoms with van der Waals surface area (Å²) in [6.45, 7) is 4.02. The monoisotopic (exact) mass is 310 g/mol. The third-order valence-corrected chi connectivity index (χ3v) is 4.28. The van der Waals surface area contributed by atoms with Crippen LogP contribution in [0.15, 0.2) is 29.1 Å². The van der Waals surface area contributed by atoms with Crippen molar-refractivity contribution >= 4 is 22.9 Å². The predicted octanol–water partition coefficient (Wildman–Crippen LogP) is 3.99. The number of thiazole rings is 1. The topological polar surface area (TPSA) is 36.1 Å². The number of H-pyrrole nitrogens is 1. The SMILES string of the molecule is CCCCN(C)Cc1sc(=O)[nH]c1-c1ccc(Cl)cc1. The molecule has 3 nitrogen and oxygen atoms in total. The molecule has 0 unspecified atom stereocenters. The Balaban J connectivity index is 2.22. The predicted molar refractivity (Wildman–Crippen MR) is 86.6 cm³/mol. The van der Waals surface area contributed by atoms with E-state index in [-0.39, 0.29) is 4.87 Å².